The third-order valence-corrected chi connectivity index (χ3v) is 4.62. The summed E-state index contributed by atoms with van der Waals surface area (Å²) in [7, 11) is 2.06. The fraction of sp³-hybridized carbons (Fsp3) is 0.375. The molecule has 0 saturated carbocycles. The number of hydrogen-bond acceptors (Lipinski definition) is 5. The molecular weight excluding hydrogens is 317 g/mol. The number of hydrogen-bond donors (Lipinski definition) is 0. The van der Waals surface area contributed by atoms with Gasteiger partial charge in [-0.1, -0.05) is 11.8 Å². The van der Waals surface area contributed by atoms with E-state index < -0.39 is 0 Å². The molecule has 3 rings (SSSR count). The van der Waals surface area contributed by atoms with Crippen LogP contribution in [0.2, 0.25) is 0 Å². The molecule has 0 bridgehead atoms. The number of thioether (sulfide) groups is 1. The van der Waals surface area contributed by atoms with E-state index in [4.69, 9.17) is 4.42 Å². The number of halogens is 1. The van der Waals surface area contributed by atoms with Crippen LogP contribution in [0.25, 0.3) is 11.3 Å². The van der Waals surface area contributed by atoms with Crippen molar-refractivity contribution >= 4 is 17.7 Å². The van der Waals surface area contributed by atoms with E-state index in [9.17, 15) is 9.18 Å². The number of piperazine rings is 1. The molecule has 0 unspecified atom stereocenters. The van der Waals surface area contributed by atoms with Crippen LogP contribution in [0.3, 0.4) is 0 Å². The predicted molar refractivity (Wildman–Crippen MR) is 86.7 cm³/mol. The monoisotopic (exact) mass is 335 g/mol. The highest BCUT2D eigenvalue weighted by Gasteiger charge is 2.19. The first-order chi connectivity index (χ1) is 11.1. The number of likely N-dealkylation sites (N-methyl/N-ethyl adjacent to an activating group) is 1. The molecule has 1 aliphatic rings. The molecule has 7 heteroatoms. The number of rotatable bonds is 4. The lowest BCUT2D eigenvalue weighted by Crippen LogP contribution is -2.47. The van der Waals surface area contributed by atoms with Gasteiger partial charge in [0.15, 0.2) is 5.76 Å². The molecule has 2 heterocycles. The number of oxazole rings is 1. The molecule has 1 aromatic heterocycles. The van der Waals surface area contributed by atoms with E-state index in [1.807, 2.05) is 4.90 Å². The molecule has 1 fully saturated rings. The number of carbonyl (C=O) groups is 1. The minimum absolute atomic E-state index is 0.102. The highest BCUT2D eigenvalue weighted by Crippen LogP contribution is 2.25. The average molecular weight is 335 g/mol. The van der Waals surface area contributed by atoms with Crippen LogP contribution in [0, 0.1) is 5.82 Å². The number of aromatic nitrogens is 1. The second kappa shape index (κ2) is 7.14. The molecule has 1 aromatic carbocycles. The van der Waals surface area contributed by atoms with Gasteiger partial charge in [-0.2, -0.15) is 0 Å². The van der Waals surface area contributed by atoms with Gasteiger partial charge in [0.05, 0.1) is 11.9 Å². The maximum Gasteiger partial charge on any atom is 0.256 e. The topological polar surface area (TPSA) is 49.6 Å². The van der Waals surface area contributed by atoms with Crippen molar-refractivity contribution in [3.8, 4) is 11.3 Å². The van der Waals surface area contributed by atoms with Gasteiger partial charge >= 0.3 is 0 Å². The number of carbonyl (C=O) groups excluding carboxylic acids is 1. The number of nitrogens with zero attached hydrogens (tertiary/aromatic N) is 3. The molecule has 23 heavy (non-hydrogen) atoms. The van der Waals surface area contributed by atoms with Gasteiger partial charge < -0.3 is 14.2 Å². The van der Waals surface area contributed by atoms with Crippen LogP contribution in [-0.2, 0) is 4.79 Å². The van der Waals surface area contributed by atoms with E-state index in [1.165, 1.54) is 23.9 Å². The Hall–Kier alpha value is -1.86. The first-order valence-corrected chi connectivity index (χ1v) is 8.41. The van der Waals surface area contributed by atoms with Crippen LogP contribution in [0.15, 0.2) is 40.1 Å². The second-order valence-corrected chi connectivity index (χ2v) is 6.40. The summed E-state index contributed by atoms with van der Waals surface area (Å²) in [6.45, 7) is 3.35. The summed E-state index contributed by atoms with van der Waals surface area (Å²) in [5.41, 5.74) is 0.760. The minimum atomic E-state index is -0.291. The van der Waals surface area contributed by atoms with E-state index in [1.54, 1.807) is 18.3 Å². The maximum absolute atomic E-state index is 12.9. The van der Waals surface area contributed by atoms with Crippen LogP contribution in [-0.4, -0.2) is 59.7 Å². The Morgan fingerprint density at radius 2 is 1.96 bits per heavy atom. The molecule has 0 radical (unpaired) electrons. The average Bonchev–Trinajstić information content (AvgIpc) is 3.03. The van der Waals surface area contributed by atoms with Gasteiger partial charge in [-0.25, -0.2) is 9.37 Å². The van der Waals surface area contributed by atoms with Gasteiger partial charge in [0, 0.05) is 31.7 Å². The van der Waals surface area contributed by atoms with Crippen molar-refractivity contribution in [2.45, 2.75) is 5.22 Å². The molecular formula is C16H18FN3O2S. The van der Waals surface area contributed by atoms with Crippen molar-refractivity contribution in [2.75, 3.05) is 39.0 Å². The molecule has 0 atom stereocenters. The molecule has 2 aromatic rings. The Morgan fingerprint density at radius 1 is 1.26 bits per heavy atom. The van der Waals surface area contributed by atoms with Crippen molar-refractivity contribution in [1.29, 1.82) is 0 Å². The zero-order valence-corrected chi connectivity index (χ0v) is 13.7. The van der Waals surface area contributed by atoms with Crippen LogP contribution in [0.5, 0.6) is 0 Å². The Labute approximate surface area is 138 Å². The molecule has 5 nitrogen and oxygen atoms in total. The summed E-state index contributed by atoms with van der Waals surface area (Å²) in [6.07, 6.45) is 1.59. The van der Waals surface area contributed by atoms with E-state index in [0.29, 0.717) is 16.7 Å². The molecule has 1 aliphatic heterocycles. The Bertz CT molecular complexity index is 666. The van der Waals surface area contributed by atoms with Crippen molar-refractivity contribution in [3.05, 3.63) is 36.3 Å². The summed E-state index contributed by atoms with van der Waals surface area (Å²) < 4.78 is 18.5. The highest BCUT2D eigenvalue weighted by atomic mass is 32.2. The number of amides is 1. The van der Waals surface area contributed by atoms with Gasteiger partial charge in [0.2, 0.25) is 5.91 Å². The van der Waals surface area contributed by atoms with E-state index in [2.05, 4.69) is 16.9 Å². The summed E-state index contributed by atoms with van der Waals surface area (Å²) in [4.78, 5) is 20.4. The van der Waals surface area contributed by atoms with Crippen LogP contribution >= 0.6 is 11.8 Å². The Balaban J connectivity index is 1.55. The highest BCUT2D eigenvalue weighted by molar-refractivity contribution is 7.99. The largest absolute Gasteiger partial charge is 0.431 e. The summed E-state index contributed by atoms with van der Waals surface area (Å²) >= 11 is 1.28. The predicted octanol–water partition coefficient (Wildman–Crippen LogP) is 2.35. The quantitative estimate of drug-likeness (QED) is 0.803. The first-order valence-electron chi connectivity index (χ1n) is 7.43. The Kier molecular flexibility index (Phi) is 4.97. The summed E-state index contributed by atoms with van der Waals surface area (Å²) in [6, 6.07) is 6.03. The zero-order valence-electron chi connectivity index (χ0n) is 12.9. The van der Waals surface area contributed by atoms with Gasteiger partial charge in [0.25, 0.3) is 5.22 Å². The van der Waals surface area contributed by atoms with E-state index in [0.717, 1.165) is 31.7 Å². The molecule has 0 N–H and O–H groups in total. The van der Waals surface area contributed by atoms with Crippen LogP contribution < -0.4 is 0 Å². The van der Waals surface area contributed by atoms with E-state index >= 15 is 0 Å². The fourth-order valence-corrected chi connectivity index (χ4v) is 3.05. The number of benzene rings is 1. The van der Waals surface area contributed by atoms with Gasteiger partial charge in [0.1, 0.15) is 5.82 Å². The van der Waals surface area contributed by atoms with Crippen molar-refractivity contribution in [2.24, 2.45) is 0 Å². The SMILES string of the molecule is CN1CCN(C(=O)CSc2ncc(-c3ccc(F)cc3)o2)CC1. The summed E-state index contributed by atoms with van der Waals surface area (Å²) in [5, 5.41) is 0.451. The third kappa shape index (κ3) is 4.11. The van der Waals surface area contributed by atoms with Crippen LogP contribution in [0.4, 0.5) is 4.39 Å². The molecule has 122 valence electrons. The Morgan fingerprint density at radius 3 is 2.65 bits per heavy atom. The normalized spacial score (nSPS) is 15.8. The standard InChI is InChI=1S/C16H18FN3O2S/c1-19-6-8-20(9-7-19)15(21)11-23-16-18-10-14(22-16)12-2-4-13(17)5-3-12/h2-5,10H,6-9,11H2,1H3. The molecule has 0 spiro atoms. The minimum Gasteiger partial charge on any atom is -0.431 e. The van der Waals surface area contributed by atoms with Crippen molar-refractivity contribution < 1.29 is 13.6 Å². The van der Waals surface area contributed by atoms with Gasteiger partial charge in [-0.05, 0) is 31.3 Å². The van der Waals surface area contributed by atoms with Gasteiger partial charge in [-0.15, -0.1) is 0 Å². The molecule has 0 aliphatic carbocycles. The van der Waals surface area contributed by atoms with Gasteiger partial charge in [-0.3, -0.25) is 4.79 Å². The molecule has 1 saturated heterocycles. The van der Waals surface area contributed by atoms with Crippen molar-refractivity contribution in [3.63, 3.8) is 0 Å². The second-order valence-electron chi connectivity index (χ2n) is 5.47. The smallest absolute Gasteiger partial charge is 0.256 e. The maximum atomic E-state index is 12.9. The lowest BCUT2D eigenvalue weighted by Gasteiger charge is -2.32. The molecule has 1 amide bonds. The summed E-state index contributed by atoms with van der Waals surface area (Å²) in [5.74, 6) is 0.692. The lowest BCUT2D eigenvalue weighted by atomic mass is 10.2. The third-order valence-electron chi connectivity index (χ3n) is 3.79. The van der Waals surface area contributed by atoms with E-state index in [-0.39, 0.29) is 11.7 Å². The fourth-order valence-electron chi connectivity index (χ4n) is 2.34. The van der Waals surface area contributed by atoms with Crippen molar-refractivity contribution in [1.82, 2.24) is 14.8 Å². The van der Waals surface area contributed by atoms with Crippen LogP contribution in [0.1, 0.15) is 0 Å². The zero-order chi connectivity index (χ0) is 16.2. The first kappa shape index (κ1) is 16.0. The lowest BCUT2D eigenvalue weighted by molar-refractivity contribution is -0.129.